The zero-order valence-corrected chi connectivity index (χ0v) is 11.6. The van der Waals surface area contributed by atoms with Gasteiger partial charge in [0.15, 0.2) is 0 Å². The molecule has 0 aliphatic rings. The Morgan fingerprint density at radius 3 is 2.71 bits per heavy atom. The highest BCUT2D eigenvalue weighted by atomic mass is 35.5. The summed E-state index contributed by atoms with van der Waals surface area (Å²) >= 11 is 6.02. The van der Waals surface area contributed by atoms with Crippen LogP contribution in [0.4, 0.5) is 0 Å². The molecule has 0 amide bonds. The first-order chi connectivity index (χ1) is 10.3. The smallest absolute Gasteiger partial charge is 0.342 e. The number of para-hydroxylation sites is 1. The molecule has 21 heavy (non-hydrogen) atoms. The van der Waals surface area contributed by atoms with Crippen LogP contribution in [0.15, 0.2) is 48.9 Å². The van der Waals surface area contributed by atoms with Gasteiger partial charge in [-0.05, 0) is 23.8 Å². The number of hydrogen-bond acceptors (Lipinski definition) is 5. The zero-order valence-electron chi connectivity index (χ0n) is 10.8. The minimum Gasteiger partial charge on any atom is -0.402 e. The second kappa shape index (κ2) is 5.90. The minimum absolute atomic E-state index is 0.131. The third-order valence-corrected chi connectivity index (χ3v) is 3.00. The second-order valence-corrected chi connectivity index (χ2v) is 4.61. The molecule has 0 aliphatic heterocycles. The number of halogens is 1. The van der Waals surface area contributed by atoms with Crippen LogP contribution in [0.25, 0.3) is 5.69 Å². The molecule has 0 saturated heterocycles. The Labute approximate surface area is 125 Å². The highest BCUT2D eigenvalue weighted by Crippen LogP contribution is 2.26. The number of hydrogen-bond donors (Lipinski definition) is 1. The van der Waals surface area contributed by atoms with E-state index in [1.165, 1.54) is 6.20 Å². The first-order valence-electron chi connectivity index (χ1n) is 6.16. The topological polar surface area (TPSA) is 73.1 Å². The summed E-state index contributed by atoms with van der Waals surface area (Å²) in [4.78, 5) is 8.08. The van der Waals surface area contributed by atoms with E-state index in [1.807, 2.05) is 30.3 Å². The maximum atomic E-state index is 9.00. The van der Waals surface area contributed by atoms with Crippen LogP contribution < -0.4 is 4.74 Å². The van der Waals surface area contributed by atoms with Gasteiger partial charge in [0.1, 0.15) is 11.3 Å². The van der Waals surface area contributed by atoms with E-state index in [0.29, 0.717) is 5.56 Å². The van der Waals surface area contributed by atoms with E-state index in [2.05, 4.69) is 15.1 Å². The third kappa shape index (κ3) is 3.01. The van der Waals surface area contributed by atoms with Crippen molar-refractivity contribution in [2.24, 2.45) is 0 Å². The van der Waals surface area contributed by atoms with Crippen molar-refractivity contribution in [2.45, 2.75) is 6.61 Å². The fraction of sp³-hybridized carbons (Fsp3) is 0.0714. The molecule has 2 aromatic heterocycles. The summed E-state index contributed by atoms with van der Waals surface area (Å²) in [6.45, 7) is -0.131. The lowest BCUT2D eigenvalue weighted by Crippen LogP contribution is -1.96. The van der Waals surface area contributed by atoms with Crippen molar-refractivity contribution >= 4 is 11.6 Å². The molecule has 0 aliphatic carbocycles. The fourth-order valence-corrected chi connectivity index (χ4v) is 1.94. The fourth-order valence-electron chi connectivity index (χ4n) is 1.71. The molecule has 3 aromatic rings. The molecule has 0 fully saturated rings. The highest BCUT2D eigenvalue weighted by molar-refractivity contribution is 6.31. The molecule has 6 nitrogen and oxygen atoms in total. The summed E-state index contributed by atoms with van der Waals surface area (Å²) in [6, 6.07) is 11.3. The Morgan fingerprint density at radius 2 is 2.00 bits per heavy atom. The van der Waals surface area contributed by atoms with Crippen LogP contribution in [0.1, 0.15) is 5.56 Å². The van der Waals surface area contributed by atoms with Gasteiger partial charge in [0.05, 0.1) is 12.3 Å². The average molecular weight is 303 g/mol. The normalized spacial score (nSPS) is 10.6. The van der Waals surface area contributed by atoms with E-state index in [-0.39, 0.29) is 23.5 Å². The predicted octanol–water partition coefficient (Wildman–Crippen LogP) is 2.60. The number of pyridine rings is 1. The number of benzene rings is 1. The maximum Gasteiger partial charge on any atom is 0.342 e. The quantitative estimate of drug-likeness (QED) is 0.802. The summed E-state index contributed by atoms with van der Waals surface area (Å²) < 4.78 is 7.03. The lowest BCUT2D eigenvalue weighted by Gasteiger charge is -2.03. The molecule has 2 heterocycles. The van der Waals surface area contributed by atoms with Crippen molar-refractivity contribution in [1.29, 1.82) is 0 Å². The number of ether oxygens (including phenoxy) is 1. The van der Waals surface area contributed by atoms with Crippen LogP contribution in [0.3, 0.4) is 0 Å². The number of nitrogens with zero attached hydrogens (tertiary/aromatic N) is 4. The summed E-state index contributed by atoms with van der Waals surface area (Å²) in [6.07, 6.45) is 3.02. The van der Waals surface area contributed by atoms with Crippen LogP contribution in [0.2, 0.25) is 5.02 Å². The molecular weight excluding hydrogens is 292 g/mol. The first-order valence-corrected chi connectivity index (χ1v) is 6.54. The second-order valence-electron chi connectivity index (χ2n) is 4.20. The molecular formula is C14H11ClN4O2. The Bertz CT molecular complexity index is 746. The summed E-state index contributed by atoms with van der Waals surface area (Å²) in [5, 5.41) is 13.5. The van der Waals surface area contributed by atoms with Crippen molar-refractivity contribution in [3.05, 3.63) is 59.5 Å². The van der Waals surface area contributed by atoms with Gasteiger partial charge in [-0.15, -0.1) is 5.10 Å². The number of aliphatic hydroxyl groups is 1. The molecule has 0 unspecified atom stereocenters. The molecule has 1 N–H and O–H groups in total. The van der Waals surface area contributed by atoms with Crippen LogP contribution in [0.5, 0.6) is 11.9 Å². The summed E-state index contributed by atoms with van der Waals surface area (Å²) in [7, 11) is 0. The largest absolute Gasteiger partial charge is 0.402 e. The number of rotatable bonds is 4. The van der Waals surface area contributed by atoms with E-state index in [1.54, 1.807) is 17.1 Å². The summed E-state index contributed by atoms with van der Waals surface area (Å²) in [5.74, 6) is 0.194. The van der Waals surface area contributed by atoms with Crippen LogP contribution >= 0.6 is 11.6 Å². The molecule has 3 rings (SSSR count). The Hall–Kier alpha value is -2.44. The van der Waals surface area contributed by atoms with Gasteiger partial charge in [0.25, 0.3) is 0 Å². The maximum absolute atomic E-state index is 9.00. The SMILES string of the molecule is OCc1cnc(Oc2ncn(-c3ccccc3)n2)c(Cl)c1. The number of aromatic nitrogens is 4. The van der Waals surface area contributed by atoms with Gasteiger partial charge in [0.2, 0.25) is 5.88 Å². The minimum atomic E-state index is -0.131. The lowest BCUT2D eigenvalue weighted by atomic mass is 10.3. The van der Waals surface area contributed by atoms with Gasteiger partial charge in [-0.2, -0.15) is 4.98 Å². The zero-order chi connectivity index (χ0) is 14.7. The standard InChI is InChI=1S/C14H11ClN4O2/c15-12-6-10(8-20)7-16-13(12)21-14-17-9-19(18-14)11-4-2-1-3-5-11/h1-7,9,20H,8H2. The predicted molar refractivity (Wildman–Crippen MR) is 76.6 cm³/mol. The van der Waals surface area contributed by atoms with Crippen LogP contribution in [0, 0.1) is 0 Å². The summed E-state index contributed by atoms with van der Waals surface area (Å²) in [5.41, 5.74) is 1.48. The molecule has 106 valence electrons. The molecule has 0 atom stereocenters. The van der Waals surface area contributed by atoms with Gasteiger partial charge < -0.3 is 9.84 Å². The van der Waals surface area contributed by atoms with Gasteiger partial charge in [-0.25, -0.2) is 9.67 Å². The van der Waals surface area contributed by atoms with Gasteiger partial charge >= 0.3 is 6.01 Å². The van der Waals surface area contributed by atoms with E-state index >= 15 is 0 Å². The Balaban J connectivity index is 1.82. The van der Waals surface area contributed by atoms with Crippen molar-refractivity contribution in [1.82, 2.24) is 19.7 Å². The Kier molecular flexibility index (Phi) is 3.81. The Morgan fingerprint density at radius 1 is 1.19 bits per heavy atom. The third-order valence-electron chi connectivity index (χ3n) is 2.73. The van der Waals surface area contributed by atoms with E-state index in [9.17, 15) is 0 Å². The van der Waals surface area contributed by atoms with Crippen molar-refractivity contribution < 1.29 is 9.84 Å². The molecule has 0 radical (unpaired) electrons. The molecule has 0 spiro atoms. The van der Waals surface area contributed by atoms with Gasteiger partial charge in [-0.3, -0.25) is 0 Å². The van der Waals surface area contributed by atoms with Gasteiger partial charge in [0, 0.05) is 6.20 Å². The van der Waals surface area contributed by atoms with Crippen LogP contribution in [-0.2, 0) is 6.61 Å². The molecule has 7 heteroatoms. The van der Waals surface area contributed by atoms with Crippen molar-refractivity contribution in [3.8, 4) is 17.6 Å². The van der Waals surface area contributed by atoms with E-state index in [0.717, 1.165) is 5.69 Å². The van der Waals surface area contributed by atoms with E-state index in [4.69, 9.17) is 21.4 Å². The molecule has 0 bridgehead atoms. The van der Waals surface area contributed by atoms with Crippen LogP contribution in [-0.4, -0.2) is 24.9 Å². The number of aliphatic hydroxyl groups excluding tert-OH is 1. The highest BCUT2D eigenvalue weighted by Gasteiger charge is 2.10. The first kappa shape index (κ1) is 13.5. The molecule has 0 saturated carbocycles. The van der Waals surface area contributed by atoms with Crippen molar-refractivity contribution in [3.63, 3.8) is 0 Å². The van der Waals surface area contributed by atoms with E-state index < -0.39 is 0 Å². The monoisotopic (exact) mass is 302 g/mol. The average Bonchev–Trinajstić information content (AvgIpc) is 2.99. The lowest BCUT2D eigenvalue weighted by molar-refractivity contribution is 0.281. The molecule has 1 aromatic carbocycles. The van der Waals surface area contributed by atoms with Gasteiger partial charge in [-0.1, -0.05) is 29.8 Å². The van der Waals surface area contributed by atoms with Crippen molar-refractivity contribution in [2.75, 3.05) is 0 Å².